The Balaban J connectivity index is 1.82. The van der Waals surface area contributed by atoms with E-state index in [9.17, 15) is 9.90 Å². The normalized spacial score (nSPS) is 13.8. The van der Waals surface area contributed by atoms with E-state index in [-0.39, 0.29) is 11.5 Å². The lowest BCUT2D eigenvalue weighted by Crippen LogP contribution is -1.97. The molecule has 5 heteroatoms. The first kappa shape index (κ1) is 15.4. The summed E-state index contributed by atoms with van der Waals surface area (Å²) in [6.45, 7) is 1.14. The zero-order valence-corrected chi connectivity index (χ0v) is 13.0. The molecule has 118 valence electrons. The van der Waals surface area contributed by atoms with Crippen LogP contribution in [0.2, 0.25) is 5.02 Å². The highest BCUT2D eigenvalue weighted by Gasteiger charge is 2.15. The van der Waals surface area contributed by atoms with Gasteiger partial charge < -0.3 is 14.6 Å². The first-order valence-electron chi connectivity index (χ1n) is 7.24. The molecule has 1 aliphatic rings. The van der Waals surface area contributed by atoms with Gasteiger partial charge in [0.05, 0.1) is 18.2 Å². The number of ketones is 1. The van der Waals surface area contributed by atoms with E-state index in [0.717, 1.165) is 12.0 Å². The van der Waals surface area contributed by atoms with Crippen LogP contribution in [0.4, 0.5) is 0 Å². The number of benzene rings is 2. The second-order valence-corrected chi connectivity index (χ2v) is 5.53. The maximum Gasteiger partial charge on any atom is 0.185 e. The van der Waals surface area contributed by atoms with Crippen LogP contribution in [0.25, 0.3) is 6.08 Å². The molecule has 0 unspecified atom stereocenters. The molecule has 0 spiro atoms. The average molecular weight is 331 g/mol. The molecule has 2 aromatic carbocycles. The molecule has 0 amide bonds. The molecule has 0 radical (unpaired) electrons. The van der Waals surface area contributed by atoms with Gasteiger partial charge in [-0.1, -0.05) is 17.7 Å². The van der Waals surface area contributed by atoms with Gasteiger partial charge in [0.2, 0.25) is 0 Å². The Labute approximate surface area is 138 Å². The number of rotatable bonds is 3. The summed E-state index contributed by atoms with van der Waals surface area (Å²) in [5.41, 5.74) is 1.26. The van der Waals surface area contributed by atoms with Gasteiger partial charge in [0.1, 0.15) is 5.75 Å². The van der Waals surface area contributed by atoms with Gasteiger partial charge >= 0.3 is 0 Å². The number of carbonyl (C=O) groups is 1. The van der Waals surface area contributed by atoms with Crippen LogP contribution in [-0.4, -0.2) is 24.1 Å². The first-order chi connectivity index (χ1) is 11.1. The fourth-order valence-electron chi connectivity index (χ4n) is 2.24. The minimum Gasteiger partial charge on any atom is -0.508 e. The third-order valence-corrected chi connectivity index (χ3v) is 3.68. The van der Waals surface area contributed by atoms with Gasteiger partial charge in [-0.2, -0.15) is 0 Å². The Morgan fingerprint density at radius 3 is 2.65 bits per heavy atom. The van der Waals surface area contributed by atoms with Crippen LogP contribution in [-0.2, 0) is 0 Å². The third-order valence-electron chi connectivity index (χ3n) is 3.40. The van der Waals surface area contributed by atoms with Crippen molar-refractivity contribution in [1.82, 2.24) is 0 Å². The highest BCUT2D eigenvalue weighted by atomic mass is 35.5. The summed E-state index contributed by atoms with van der Waals surface area (Å²) in [6, 6.07) is 9.63. The molecule has 4 nitrogen and oxygen atoms in total. The summed E-state index contributed by atoms with van der Waals surface area (Å²) in [4.78, 5) is 12.1. The lowest BCUT2D eigenvalue weighted by molar-refractivity contribution is 0.104. The molecule has 0 saturated heterocycles. The molecule has 0 atom stereocenters. The van der Waals surface area contributed by atoms with E-state index in [4.69, 9.17) is 21.1 Å². The van der Waals surface area contributed by atoms with Crippen LogP contribution in [0.15, 0.2) is 42.5 Å². The zero-order chi connectivity index (χ0) is 16.2. The van der Waals surface area contributed by atoms with Crippen molar-refractivity contribution >= 4 is 23.5 Å². The van der Waals surface area contributed by atoms with E-state index in [1.165, 1.54) is 18.2 Å². The topological polar surface area (TPSA) is 55.8 Å². The number of hydrogen-bond donors (Lipinski definition) is 1. The van der Waals surface area contributed by atoms with Crippen LogP contribution < -0.4 is 9.47 Å². The quantitative estimate of drug-likeness (QED) is 0.680. The maximum atomic E-state index is 12.1. The summed E-state index contributed by atoms with van der Waals surface area (Å²) in [5, 5.41) is 9.70. The number of phenolic OH excluding ortho intramolecular Hbond substituents is 1. The molecule has 0 aliphatic carbocycles. The second kappa shape index (κ2) is 6.75. The summed E-state index contributed by atoms with van der Waals surface area (Å²) in [6.07, 6.45) is 3.94. The number of hydrogen-bond acceptors (Lipinski definition) is 4. The van der Waals surface area contributed by atoms with E-state index in [2.05, 4.69) is 0 Å². The van der Waals surface area contributed by atoms with E-state index in [1.54, 1.807) is 30.3 Å². The number of halogens is 1. The Morgan fingerprint density at radius 2 is 1.87 bits per heavy atom. The maximum absolute atomic E-state index is 12.1. The SMILES string of the molecule is O=C(/C=C/c1cc(Cl)c2c(c1)OCCCO2)c1ccc(O)cc1. The van der Waals surface area contributed by atoms with Gasteiger partial charge in [0.15, 0.2) is 17.3 Å². The van der Waals surface area contributed by atoms with Crippen LogP contribution in [0.1, 0.15) is 22.3 Å². The molecule has 1 N–H and O–H groups in total. The molecule has 0 fully saturated rings. The zero-order valence-electron chi connectivity index (χ0n) is 12.3. The van der Waals surface area contributed by atoms with E-state index in [1.807, 2.05) is 0 Å². The molecule has 23 heavy (non-hydrogen) atoms. The second-order valence-electron chi connectivity index (χ2n) is 5.12. The van der Waals surface area contributed by atoms with Crippen molar-refractivity contribution in [2.24, 2.45) is 0 Å². The molecular weight excluding hydrogens is 316 g/mol. The largest absolute Gasteiger partial charge is 0.508 e. The van der Waals surface area contributed by atoms with Gasteiger partial charge in [0, 0.05) is 12.0 Å². The van der Waals surface area contributed by atoms with Crippen molar-refractivity contribution in [2.75, 3.05) is 13.2 Å². The Bertz CT molecular complexity index is 750. The third kappa shape index (κ3) is 3.66. The molecule has 1 heterocycles. The Morgan fingerprint density at radius 1 is 1.13 bits per heavy atom. The van der Waals surface area contributed by atoms with Crippen LogP contribution >= 0.6 is 11.6 Å². The minimum absolute atomic E-state index is 0.125. The molecule has 2 aromatic rings. The van der Waals surface area contributed by atoms with E-state index >= 15 is 0 Å². The summed E-state index contributed by atoms with van der Waals surface area (Å²) >= 11 is 6.22. The van der Waals surface area contributed by atoms with Gasteiger partial charge in [0.25, 0.3) is 0 Å². The Kier molecular flexibility index (Phi) is 4.53. The highest BCUT2D eigenvalue weighted by molar-refractivity contribution is 6.32. The summed E-state index contributed by atoms with van der Waals surface area (Å²) < 4.78 is 11.2. The number of allylic oxidation sites excluding steroid dienone is 1. The highest BCUT2D eigenvalue weighted by Crippen LogP contribution is 2.38. The van der Waals surface area contributed by atoms with Gasteiger partial charge in [-0.15, -0.1) is 0 Å². The number of fused-ring (bicyclic) bond motifs is 1. The lowest BCUT2D eigenvalue weighted by atomic mass is 10.1. The van der Waals surface area contributed by atoms with Crippen molar-refractivity contribution in [1.29, 1.82) is 0 Å². The Hall–Kier alpha value is -2.46. The number of carbonyl (C=O) groups excluding carboxylic acids is 1. The van der Waals surface area contributed by atoms with Gasteiger partial charge in [-0.25, -0.2) is 0 Å². The minimum atomic E-state index is -0.159. The van der Waals surface area contributed by atoms with E-state index < -0.39 is 0 Å². The van der Waals surface area contributed by atoms with Crippen molar-refractivity contribution in [3.05, 3.63) is 58.6 Å². The average Bonchev–Trinajstić information content (AvgIpc) is 2.79. The molecule has 0 saturated carbocycles. The summed E-state index contributed by atoms with van der Waals surface area (Å²) in [5.74, 6) is 1.10. The van der Waals surface area contributed by atoms with Crippen molar-refractivity contribution < 1.29 is 19.4 Å². The predicted molar refractivity (Wildman–Crippen MR) is 88.5 cm³/mol. The predicted octanol–water partition coefficient (Wildman–Crippen LogP) is 4.10. The van der Waals surface area contributed by atoms with Crippen LogP contribution in [0.3, 0.4) is 0 Å². The number of phenols is 1. The first-order valence-corrected chi connectivity index (χ1v) is 7.62. The smallest absolute Gasteiger partial charge is 0.185 e. The number of ether oxygens (including phenoxy) is 2. The molecule has 1 aliphatic heterocycles. The van der Waals surface area contributed by atoms with Crippen molar-refractivity contribution in [3.8, 4) is 17.2 Å². The van der Waals surface area contributed by atoms with Crippen LogP contribution in [0, 0.1) is 0 Å². The van der Waals surface area contributed by atoms with Gasteiger partial charge in [-0.3, -0.25) is 4.79 Å². The van der Waals surface area contributed by atoms with Crippen molar-refractivity contribution in [2.45, 2.75) is 6.42 Å². The van der Waals surface area contributed by atoms with Crippen LogP contribution in [0.5, 0.6) is 17.2 Å². The van der Waals surface area contributed by atoms with Crippen molar-refractivity contribution in [3.63, 3.8) is 0 Å². The molecule has 0 aromatic heterocycles. The molecule has 3 rings (SSSR count). The number of aromatic hydroxyl groups is 1. The van der Waals surface area contributed by atoms with E-state index in [0.29, 0.717) is 35.3 Å². The standard InChI is InChI=1S/C18H15ClO4/c19-15-10-12(11-17-18(15)23-9-1-8-22-17)2-7-16(21)13-3-5-14(20)6-4-13/h2-7,10-11,20H,1,8-9H2/b7-2+. The van der Waals surface area contributed by atoms with Gasteiger partial charge in [-0.05, 0) is 48.0 Å². The lowest BCUT2D eigenvalue weighted by Gasteiger charge is -2.09. The fraction of sp³-hybridized carbons (Fsp3) is 0.167. The summed E-state index contributed by atoms with van der Waals surface area (Å²) in [7, 11) is 0. The molecule has 0 bridgehead atoms. The fourth-order valence-corrected chi connectivity index (χ4v) is 2.51. The molecular formula is C18H15ClO4. The monoisotopic (exact) mass is 330 g/mol.